The van der Waals surface area contributed by atoms with E-state index in [4.69, 9.17) is 4.74 Å². The third-order valence-electron chi connectivity index (χ3n) is 4.14. The lowest BCUT2D eigenvalue weighted by molar-refractivity contribution is -0.123. The highest BCUT2D eigenvalue weighted by molar-refractivity contribution is 5.88. The molecule has 0 radical (unpaired) electrons. The molecule has 1 atom stereocenters. The van der Waals surface area contributed by atoms with E-state index in [0.29, 0.717) is 0 Å². The van der Waals surface area contributed by atoms with Gasteiger partial charge in [0.2, 0.25) is 5.91 Å². The summed E-state index contributed by atoms with van der Waals surface area (Å²) >= 11 is 0. The van der Waals surface area contributed by atoms with Crippen molar-refractivity contribution in [2.45, 2.75) is 44.8 Å². The first kappa shape index (κ1) is 14.5. The number of ether oxygens (including phenoxy) is 1. The maximum Gasteiger partial charge on any atom is 0.246 e. The van der Waals surface area contributed by atoms with Crippen LogP contribution in [0.2, 0.25) is 0 Å². The van der Waals surface area contributed by atoms with Gasteiger partial charge in [-0.05, 0) is 45.2 Å². The van der Waals surface area contributed by atoms with E-state index < -0.39 is 0 Å². The smallest absolute Gasteiger partial charge is 0.246 e. The molecule has 1 amide bonds. The molecule has 0 aromatic carbocycles. The predicted octanol–water partition coefficient (Wildman–Crippen LogP) is 1.66. The molecule has 0 unspecified atom stereocenters. The fourth-order valence-corrected chi connectivity index (χ4v) is 3.10. The molecule has 2 fully saturated rings. The molecule has 0 aromatic rings. The third-order valence-corrected chi connectivity index (χ3v) is 4.14. The molecule has 0 N–H and O–H groups in total. The van der Waals surface area contributed by atoms with E-state index in [9.17, 15) is 4.79 Å². The van der Waals surface area contributed by atoms with Crippen LogP contribution in [0.4, 0.5) is 0 Å². The summed E-state index contributed by atoms with van der Waals surface area (Å²) in [5, 5.41) is 0. The first-order valence-corrected chi connectivity index (χ1v) is 7.20. The van der Waals surface area contributed by atoms with Gasteiger partial charge in [0.05, 0.1) is 12.7 Å². The Balaban J connectivity index is 2.06. The van der Waals surface area contributed by atoms with Crippen LogP contribution in [0.25, 0.3) is 0 Å². The molecular formula is C15H26N2O2. The number of hydrogen-bond donors (Lipinski definition) is 0. The Morgan fingerprint density at radius 1 is 1.53 bits per heavy atom. The molecule has 0 aliphatic carbocycles. The number of nitrogens with zero attached hydrogens (tertiary/aromatic N) is 2. The molecule has 2 aliphatic heterocycles. The van der Waals surface area contributed by atoms with Gasteiger partial charge in [-0.25, -0.2) is 0 Å². The normalized spacial score (nSPS) is 29.2. The van der Waals surface area contributed by atoms with Crippen molar-refractivity contribution in [2.75, 3.05) is 33.8 Å². The highest BCUT2D eigenvalue weighted by atomic mass is 16.5. The first-order valence-electron chi connectivity index (χ1n) is 7.20. The lowest BCUT2D eigenvalue weighted by atomic mass is 9.93. The highest BCUT2D eigenvalue weighted by Crippen LogP contribution is 2.41. The zero-order valence-electron chi connectivity index (χ0n) is 12.6. The number of hydrogen-bond acceptors (Lipinski definition) is 3. The van der Waals surface area contributed by atoms with Crippen LogP contribution >= 0.6 is 0 Å². The van der Waals surface area contributed by atoms with Crippen LogP contribution in [-0.2, 0) is 9.53 Å². The quantitative estimate of drug-likeness (QED) is 0.726. The maximum absolute atomic E-state index is 11.8. The van der Waals surface area contributed by atoms with Crippen molar-refractivity contribution in [3.05, 3.63) is 11.6 Å². The lowest BCUT2D eigenvalue weighted by Crippen LogP contribution is -2.43. The fourth-order valence-electron chi connectivity index (χ4n) is 3.10. The molecule has 2 aliphatic rings. The average Bonchev–Trinajstić information content (AvgIpc) is 2.82. The number of amides is 1. The van der Waals surface area contributed by atoms with Gasteiger partial charge in [-0.3, -0.25) is 9.69 Å². The number of likely N-dealkylation sites (N-methyl/N-ethyl adjacent to an activating group) is 1. The van der Waals surface area contributed by atoms with Gasteiger partial charge in [-0.2, -0.15) is 0 Å². The topological polar surface area (TPSA) is 32.8 Å². The standard InChI is InChI=1S/C15H26N2O2/c1-12(2)19-11-15-6-5-7-17(15)10-13(9-15)8-14(18)16(3)4/h8,12H,5-7,9-11H2,1-4H3/b13-8-/t15-/m0/s1. The van der Waals surface area contributed by atoms with Crippen molar-refractivity contribution in [2.24, 2.45) is 0 Å². The Kier molecular flexibility index (Phi) is 4.31. The van der Waals surface area contributed by atoms with Crippen molar-refractivity contribution in [1.82, 2.24) is 9.80 Å². The van der Waals surface area contributed by atoms with E-state index in [-0.39, 0.29) is 17.6 Å². The molecule has 0 bridgehead atoms. The fraction of sp³-hybridized carbons (Fsp3) is 0.800. The van der Waals surface area contributed by atoms with Gasteiger partial charge in [-0.15, -0.1) is 0 Å². The lowest BCUT2D eigenvalue weighted by Gasteiger charge is -2.32. The van der Waals surface area contributed by atoms with Crippen LogP contribution in [0.3, 0.4) is 0 Å². The summed E-state index contributed by atoms with van der Waals surface area (Å²) in [5.41, 5.74) is 1.41. The molecular weight excluding hydrogens is 240 g/mol. The van der Waals surface area contributed by atoms with E-state index >= 15 is 0 Å². The number of carbonyl (C=O) groups excluding carboxylic acids is 1. The summed E-state index contributed by atoms with van der Waals surface area (Å²) in [6.07, 6.45) is 5.51. The number of carbonyl (C=O) groups is 1. The van der Waals surface area contributed by atoms with Crippen LogP contribution < -0.4 is 0 Å². The number of fused-ring (bicyclic) bond motifs is 1. The van der Waals surface area contributed by atoms with Crippen LogP contribution in [0.1, 0.15) is 33.1 Å². The van der Waals surface area contributed by atoms with E-state index in [1.54, 1.807) is 19.0 Å². The Morgan fingerprint density at radius 2 is 2.26 bits per heavy atom. The largest absolute Gasteiger partial charge is 0.377 e. The Bertz CT molecular complexity index is 376. The van der Waals surface area contributed by atoms with Crippen molar-refractivity contribution < 1.29 is 9.53 Å². The second kappa shape index (κ2) is 5.63. The van der Waals surface area contributed by atoms with Crippen molar-refractivity contribution in [3.8, 4) is 0 Å². The summed E-state index contributed by atoms with van der Waals surface area (Å²) in [4.78, 5) is 15.9. The Morgan fingerprint density at radius 3 is 2.89 bits per heavy atom. The third kappa shape index (κ3) is 3.18. The van der Waals surface area contributed by atoms with Crippen LogP contribution in [0.5, 0.6) is 0 Å². The van der Waals surface area contributed by atoms with Gasteiger partial charge >= 0.3 is 0 Å². The summed E-state index contributed by atoms with van der Waals surface area (Å²) in [6.45, 7) is 7.02. The van der Waals surface area contributed by atoms with Gasteiger partial charge in [0.15, 0.2) is 0 Å². The van der Waals surface area contributed by atoms with Crippen molar-refractivity contribution in [1.29, 1.82) is 0 Å². The molecule has 2 heterocycles. The van der Waals surface area contributed by atoms with Crippen LogP contribution in [-0.4, -0.2) is 61.1 Å². The maximum atomic E-state index is 11.8. The molecule has 19 heavy (non-hydrogen) atoms. The summed E-state index contributed by atoms with van der Waals surface area (Å²) in [7, 11) is 3.60. The average molecular weight is 266 g/mol. The molecule has 2 saturated heterocycles. The van der Waals surface area contributed by atoms with Gasteiger partial charge in [0.25, 0.3) is 0 Å². The molecule has 2 rings (SSSR count). The highest BCUT2D eigenvalue weighted by Gasteiger charge is 2.46. The molecule has 0 saturated carbocycles. The van der Waals surface area contributed by atoms with Crippen LogP contribution in [0.15, 0.2) is 11.6 Å². The van der Waals surface area contributed by atoms with Gasteiger partial charge in [0, 0.05) is 32.3 Å². The second-order valence-corrected chi connectivity index (χ2v) is 6.32. The Labute approximate surface area is 116 Å². The molecule has 4 heteroatoms. The minimum absolute atomic E-state index is 0.0936. The second-order valence-electron chi connectivity index (χ2n) is 6.32. The first-order chi connectivity index (χ1) is 8.93. The molecule has 108 valence electrons. The number of rotatable bonds is 4. The van der Waals surface area contributed by atoms with Crippen LogP contribution in [0, 0.1) is 0 Å². The predicted molar refractivity (Wildman–Crippen MR) is 76.0 cm³/mol. The molecule has 0 aromatic heterocycles. The summed E-state index contributed by atoms with van der Waals surface area (Å²) in [5.74, 6) is 0.0936. The van der Waals surface area contributed by atoms with Gasteiger partial charge in [0.1, 0.15) is 0 Å². The minimum Gasteiger partial charge on any atom is -0.377 e. The van der Waals surface area contributed by atoms with E-state index in [1.807, 2.05) is 6.08 Å². The van der Waals surface area contributed by atoms with E-state index in [2.05, 4.69) is 18.7 Å². The summed E-state index contributed by atoms with van der Waals surface area (Å²) in [6, 6.07) is 0. The van der Waals surface area contributed by atoms with E-state index in [1.165, 1.54) is 18.4 Å². The summed E-state index contributed by atoms with van der Waals surface area (Å²) < 4.78 is 5.87. The SMILES string of the molecule is CC(C)OC[C@@]12CCCN1C/C(=C\C(=O)N(C)C)C2. The van der Waals surface area contributed by atoms with Crippen molar-refractivity contribution >= 4 is 5.91 Å². The van der Waals surface area contributed by atoms with Gasteiger partial charge in [-0.1, -0.05) is 0 Å². The van der Waals surface area contributed by atoms with Gasteiger partial charge < -0.3 is 9.64 Å². The molecule has 4 nitrogen and oxygen atoms in total. The van der Waals surface area contributed by atoms with E-state index in [0.717, 1.165) is 26.1 Å². The molecule has 0 spiro atoms. The monoisotopic (exact) mass is 266 g/mol. The zero-order valence-corrected chi connectivity index (χ0v) is 12.6. The minimum atomic E-state index is 0.0936. The Hall–Kier alpha value is -0.870. The zero-order chi connectivity index (χ0) is 14.0. The van der Waals surface area contributed by atoms with Crippen molar-refractivity contribution in [3.63, 3.8) is 0 Å².